The molecule has 1 N–H and O–H groups in total. The summed E-state index contributed by atoms with van der Waals surface area (Å²) in [5.74, 6) is -0.499. The summed E-state index contributed by atoms with van der Waals surface area (Å²) < 4.78 is 13.6. The van der Waals surface area contributed by atoms with Gasteiger partial charge in [0.15, 0.2) is 0 Å². The van der Waals surface area contributed by atoms with Crippen molar-refractivity contribution in [3.8, 4) is 0 Å². The highest BCUT2D eigenvalue weighted by molar-refractivity contribution is 6.07. The number of carbonyl (C=O) groups is 1. The minimum absolute atomic E-state index is 0.187. The second kappa shape index (κ2) is 5.45. The molecule has 3 heteroatoms. The topological polar surface area (TPSA) is 29.1 Å². The van der Waals surface area contributed by atoms with Crippen LogP contribution in [0.5, 0.6) is 0 Å². The van der Waals surface area contributed by atoms with Crippen LogP contribution >= 0.6 is 0 Å². The Labute approximate surface area is 105 Å². The van der Waals surface area contributed by atoms with E-state index in [-0.39, 0.29) is 11.7 Å². The van der Waals surface area contributed by atoms with Crippen LogP contribution in [0.1, 0.15) is 16.8 Å². The SMILES string of the molecule is C=CCCNC(=O)c1ccc(F)c2ccccc12. The van der Waals surface area contributed by atoms with Crippen molar-refractivity contribution in [3.05, 3.63) is 60.4 Å². The standard InChI is InChI=1S/C15H14FNO/c1-2-3-10-17-15(18)13-8-9-14(16)12-7-5-4-6-11(12)13/h2,4-9H,1,3,10H2,(H,17,18). The van der Waals surface area contributed by atoms with Gasteiger partial charge in [-0.1, -0.05) is 30.3 Å². The van der Waals surface area contributed by atoms with E-state index in [0.29, 0.717) is 29.3 Å². The molecule has 0 saturated carbocycles. The monoisotopic (exact) mass is 243 g/mol. The van der Waals surface area contributed by atoms with Crippen molar-refractivity contribution in [1.82, 2.24) is 5.32 Å². The van der Waals surface area contributed by atoms with E-state index in [0.717, 1.165) is 0 Å². The number of benzene rings is 2. The molecule has 2 aromatic carbocycles. The molecule has 0 aliphatic carbocycles. The Balaban J connectivity index is 2.36. The molecule has 0 aliphatic heterocycles. The number of hydrogen-bond donors (Lipinski definition) is 1. The average molecular weight is 243 g/mol. The van der Waals surface area contributed by atoms with Crippen LogP contribution in [0, 0.1) is 5.82 Å². The van der Waals surface area contributed by atoms with Gasteiger partial charge < -0.3 is 5.32 Å². The van der Waals surface area contributed by atoms with Crippen molar-refractivity contribution in [2.75, 3.05) is 6.54 Å². The van der Waals surface area contributed by atoms with Crippen LogP contribution in [-0.4, -0.2) is 12.5 Å². The number of rotatable bonds is 4. The normalized spacial score (nSPS) is 10.3. The zero-order valence-corrected chi connectivity index (χ0v) is 9.95. The van der Waals surface area contributed by atoms with Crippen molar-refractivity contribution >= 4 is 16.7 Å². The molecule has 92 valence electrons. The van der Waals surface area contributed by atoms with Gasteiger partial charge in [0.1, 0.15) is 5.82 Å². The lowest BCUT2D eigenvalue weighted by Crippen LogP contribution is -2.24. The summed E-state index contributed by atoms with van der Waals surface area (Å²) in [4.78, 5) is 12.0. The largest absolute Gasteiger partial charge is 0.352 e. The molecule has 1 amide bonds. The van der Waals surface area contributed by atoms with E-state index in [2.05, 4.69) is 11.9 Å². The number of fused-ring (bicyclic) bond motifs is 1. The first-order valence-electron chi connectivity index (χ1n) is 5.80. The van der Waals surface area contributed by atoms with Crippen LogP contribution in [-0.2, 0) is 0 Å². The second-order valence-electron chi connectivity index (χ2n) is 3.97. The molecular formula is C15H14FNO. The smallest absolute Gasteiger partial charge is 0.251 e. The van der Waals surface area contributed by atoms with Crippen LogP contribution in [0.2, 0.25) is 0 Å². The van der Waals surface area contributed by atoms with Crippen molar-refractivity contribution in [3.63, 3.8) is 0 Å². The Kier molecular flexibility index (Phi) is 3.72. The molecule has 18 heavy (non-hydrogen) atoms. The van der Waals surface area contributed by atoms with Crippen LogP contribution in [0.15, 0.2) is 49.1 Å². The third-order valence-corrected chi connectivity index (χ3v) is 2.75. The molecule has 0 aliphatic rings. The Bertz CT molecular complexity index is 592. The van der Waals surface area contributed by atoms with Gasteiger partial charge in [-0.15, -0.1) is 6.58 Å². The minimum atomic E-state index is -0.312. The molecule has 0 atom stereocenters. The van der Waals surface area contributed by atoms with Gasteiger partial charge in [-0.2, -0.15) is 0 Å². The lowest BCUT2D eigenvalue weighted by molar-refractivity contribution is 0.0956. The van der Waals surface area contributed by atoms with E-state index in [1.54, 1.807) is 30.3 Å². The van der Waals surface area contributed by atoms with Crippen molar-refractivity contribution in [1.29, 1.82) is 0 Å². The Hall–Kier alpha value is -2.16. The zero-order chi connectivity index (χ0) is 13.0. The molecule has 0 fully saturated rings. The Morgan fingerprint density at radius 1 is 1.22 bits per heavy atom. The maximum absolute atomic E-state index is 13.6. The van der Waals surface area contributed by atoms with E-state index in [4.69, 9.17) is 0 Å². The van der Waals surface area contributed by atoms with E-state index < -0.39 is 0 Å². The minimum Gasteiger partial charge on any atom is -0.352 e. The van der Waals surface area contributed by atoms with Gasteiger partial charge in [-0.25, -0.2) is 4.39 Å². The number of halogens is 1. The van der Waals surface area contributed by atoms with E-state index >= 15 is 0 Å². The van der Waals surface area contributed by atoms with Gasteiger partial charge in [0.25, 0.3) is 5.91 Å². The second-order valence-corrected chi connectivity index (χ2v) is 3.97. The maximum atomic E-state index is 13.6. The van der Waals surface area contributed by atoms with Gasteiger partial charge in [0, 0.05) is 17.5 Å². The summed E-state index contributed by atoms with van der Waals surface area (Å²) in [5, 5.41) is 3.88. The number of nitrogens with one attached hydrogen (secondary N) is 1. The molecule has 0 heterocycles. The van der Waals surface area contributed by atoms with Crippen molar-refractivity contribution in [2.45, 2.75) is 6.42 Å². The number of carbonyl (C=O) groups excluding carboxylic acids is 1. The molecule has 0 unspecified atom stereocenters. The van der Waals surface area contributed by atoms with E-state index in [9.17, 15) is 9.18 Å². The maximum Gasteiger partial charge on any atom is 0.251 e. The quantitative estimate of drug-likeness (QED) is 0.648. The highest BCUT2D eigenvalue weighted by Gasteiger charge is 2.11. The molecule has 0 aromatic heterocycles. The van der Waals surface area contributed by atoms with Crippen LogP contribution in [0.4, 0.5) is 4.39 Å². The summed E-state index contributed by atoms with van der Waals surface area (Å²) in [6, 6.07) is 9.81. The molecule has 2 rings (SSSR count). The fourth-order valence-corrected chi connectivity index (χ4v) is 1.84. The lowest BCUT2D eigenvalue weighted by Gasteiger charge is -2.07. The molecule has 0 radical (unpaired) electrons. The van der Waals surface area contributed by atoms with Gasteiger partial charge in [-0.05, 0) is 23.9 Å². The molecule has 2 nitrogen and oxygen atoms in total. The fraction of sp³-hybridized carbons (Fsp3) is 0.133. The first kappa shape index (κ1) is 12.3. The molecular weight excluding hydrogens is 229 g/mol. The zero-order valence-electron chi connectivity index (χ0n) is 9.95. The summed E-state index contributed by atoms with van der Waals surface area (Å²) >= 11 is 0. The molecule has 0 saturated heterocycles. The van der Waals surface area contributed by atoms with Crippen LogP contribution in [0.3, 0.4) is 0 Å². The summed E-state index contributed by atoms with van der Waals surface area (Å²) in [6.45, 7) is 4.13. The Morgan fingerprint density at radius 3 is 2.67 bits per heavy atom. The summed E-state index contributed by atoms with van der Waals surface area (Å²) in [7, 11) is 0. The molecule has 0 spiro atoms. The average Bonchev–Trinajstić information content (AvgIpc) is 2.39. The summed E-state index contributed by atoms with van der Waals surface area (Å²) in [6.07, 6.45) is 2.45. The number of amides is 1. The summed E-state index contributed by atoms with van der Waals surface area (Å²) in [5.41, 5.74) is 0.496. The predicted octanol–water partition coefficient (Wildman–Crippen LogP) is 3.28. The first-order valence-corrected chi connectivity index (χ1v) is 5.80. The van der Waals surface area contributed by atoms with Crippen molar-refractivity contribution < 1.29 is 9.18 Å². The third-order valence-electron chi connectivity index (χ3n) is 2.75. The third kappa shape index (κ3) is 2.40. The predicted molar refractivity (Wildman–Crippen MR) is 71.1 cm³/mol. The van der Waals surface area contributed by atoms with Crippen LogP contribution in [0.25, 0.3) is 10.8 Å². The molecule has 0 bridgehead atoms. The fourth-order valence-electron chi connectivity index (χ4n) is 1.84. The molecule has 2 aromatic rings. The van der Waals surface area contributed by atoms with Gasteiger partial charge >= 0.3 is 0 Å². The van der Waals surface area contributed by atoms with Gasteiger partial charge in [0.05, 0.1) is 0 Å². The lowest BCUT2D eigenvalue weighted by atomic mass is 10.0. The van der Waals surface area contributed by atoms with Gasteiger partial charge in [0.2, 0.25) is 0 Å². The van der Waals surface area contributed by atoms with Crippen LogP contribution < -0.4 is 5.32 Å². The first-order chi connectivity index (χ1) is 8.74. The van der Waals surface area contributed by atoms with E-state index in [1.807, 2.05) is 0 Å². The Morgan fingerprint density at radius 2 is 1.94 bits per heavy atom. The van der Waals surface area contributed by atoms with Crippen molar-refractivity contribution in [2.24, 2.45) is 0 Å². The van der Waals surface area contributed by atoms with Gasteiger partial charge in [-0.3, -0.25) is 4.79 Å². The highest BCUT2D eigenvalue weighted by atomic mass is 19.1. The number of hydrogen-bond acceptors (Lipinski definition) is 1. The van der Waals surface area contributed by atoms with E-state index in [1.165, 1.54) is 12.1 Å². The highest BCUT2D eigenvalue weighted by Crippen LogP contribution is 2.21.